The van der Waals surface area contributed by atoms with Crippen molar-refractivity contribution in [2.45, 2.75) is 52.2 Å². The van der Waals surface area contributed by atoms with Crippen molar-refractivity contribution in [2.24, 2.45) is 0 Å². The molecule has 21 heavy (non-hydrogen) atoms. The van der Waals surface area contributed by atoms with Crippen LogP contribution in [0.3, 0.4) is 0 Å². The molecule has 1 saturated heterocycles. The number of nitrogens with one attached hydrogen (secondary N) is 1. The van der Waals surface area contributed by atoms with E-state index in [1.165, 1.54) is 11.3 Å². The van der Waals surface area contributed by atoms with Crippen LogP contribution in [0.1, 0.15) is 38.4 Å². The van der Waals surface area contributed by atoms with Gasteiger partial charge in [0, 0.05) is 37.4 Å². The number of hydrogen-bond acceptors (Lipinski definition) is 4. The molecular formula is C17H30N4. The average Bonchev–Trinajstić information content (AvgIpc) is 2.44. The van der Waals surface area contributed by atoms with Crippen molar-refractivity contribution in [3.63, 3.8) is 0 Å². The van der Waals surface area contributed by atoms with Crippen molar-refractivity contribution in [2.75, 3.05) is 32.1 Å². The van der Waals surface area contributed by atoms with Gasteiger partial charge in [-0.15, -0.1) is 0 Å². The van der Waals surface area contributed by atoms with Gasteiger partial charge in [-0.05, 0) is 52.1 Å². The molecule has 4 nitrogen and oxygen atoms in total. The fraction of sp³-hybridized carbons (Fsp3) is 0.706. The van der Waals surface area contributed by atoms with Crippen LogP contribution < -0.4 is 10.2 Å². The molecule has 1 aromatic rings. The lowest BCUT2D eigenvalue weighted by atomic mass is 10.1. The first-order valence-corrected chi connectivity index (χ1v) is 8.16. The molecule has 0 spiro atoms. The highest BCUT2D eigenvalue weighted by atomic mass is 15.3. The molecule has 2 unspecified atom stereocenters. The van der Waals surface area contributed by atoms with Crippen molar-refractivity contribution in [3.05, 3.63) is 23.4 Å². The molecule has 0 amide bonds. The summed E-state index contributed by atoms with van der Waals surface area (Å²) in [6, 6.07) is 5.63. The molecule has 1 aromatic heterocycles. The third-order valence-corrected chi connectivity index (χ3v) is 4.50. The lowest BCUT2D eigenvalue weighted by molar-refractivity contribution is 0.169. The Balaban J connectivity index is 2.25. The van der Waals surface area contributed by atoms with Crippen molar-refractivity contribution < 1.29 is 0 Å². The first kappa shape index (κ1) is 16.2. The minimum atomic E-state index is 0.568. The molecule has 0 aromatic carbocycles. The lowest BCUT2D eigenvalue weighted by Crippen LogP contribution is -2.55. The van der Waals surface area contributed by atoms with E-state index in [2.05, 4.69) is 55.1 Å². The van der Waals surface area contributed by atoms with E-state index in [9.17, 15) is 0 Å². The highest BCUT2D eigenvalue weighted by Gasteiger charge is 2.27. The van der Waals surface area contributed by atoms with Gasteiger partial charge >= 0.3 is 0 Å². The maximum absolute atomic E-state index is 4.90. The van der Waals surface area contributed by atoms with Crippen LogP contribution in [-0.2, 0) is 13.0 Å². The first-order valence-electron chi connectivity index (χ1n) is 8.16. The van der Waals surface area contributed by atoms with Crippen molar-refractivity contribution in [1.29, 1.82) is 0 Å². The SMILES string of the molecule is CCCc1cc(CNC)cc(N2CC(C)N(C)C(C)C2)n1. The van der Waals surface area contributed by atoms with Gasteiger partial charge < -0.3 is 10.2 Å². The summed E-state index contributed by atoms with van der Waals surface area (Å²) >= 11 is 0. The van der Waals surface area contributed by atoms with Gasteiger partial charge in [0.25, 0.3) is 0 Å². The summed E-state index contributed by atoms with van der Waals surface area (Å²) in [4.78, 5) is 9.81. The van der Waals surface area contributed by atoms with Gasteiger partial charge in [0.2, 0.25) is 0 Å². The number of aromatic nitrogens is 1. The number of anilines is 1. The second-order valence-electron chi connectivity index (χ2n) is 6.37. The van der Waals surface area contributed by atoms with E-state index in [0.29, 0.717) is 12.1 Å². The van der Waals surface area contributed by atoms with E-state index >= 15 is 0 Å². The fourth-order valence-corrected chi connectivity index (χ4v) is 3.08. The summed E-state index contributed by atoms with van der Waals surface area (Å²) < 4.78 is 0. The van der Waals surface area contributed by atoms with Crippen LogP contribution in [0.25, 0.3) is 0 Å². The van der Waals surface area contributed by atoms with Crippen LogP contribution >= 0.6 is 0 Å². The van der Waals surface area contributed by atoms with Crippen molar-refractivity contribution in [1.82, 2.24) is 15.2 Å². The third kappa shape index (κ3) is 3.95. The molecule has 2 rings (SSSR count). The number of nitrogens with zero attached hydrogens (tertiary/aromatic N) is 3. The molecule has 2 heterocycles. The molecule has 0 bridgehead atoms. The van der Waals surface area contributed by atoms with Gasteiger partial charge in [-0.1, -0.05) is 13.3 Å². The zero-order valence-corrected chi connectivity index (χ0v) is 14.2. The molecular weight excluding hydrogens is 260 g/mol. The van der Waals surface area contributed by atoms with Gasteiger partial charge in [0.1, 0.15) is 5.82 Å². The predicted molar refractivity (Wildman–Crippen MR) is 89.9 cm³/mol. The number of aryl methyl sites for hydroxylation is 1. The Labute approximate surface area is 129 Å². The molecule has 118 valence electrons. The van der Waals surface area contributed by atoms with Crippen molar-refractivity contribution >= 4 is 5.82 Å². The molecule has 0 aliphatic carbocycles. The smallest absolute Gasteiger partial charge is 0.129 e. The summed E-state index contributed by atoms with van der Waals surface area (Å²) in [6.07, 6.45) is 2.20. The van der Waals surface area contributed by atoms with E-state index in [1.807, 2.05) is 7.05 Å². The molecule has 1 aliphatic rings. The average molecular weight is 290 g/mol. The molecule has 2 atom stereocenters. The number of rotatable bonds is 5. The summed E-state index contributed by atoms with van der Waals surface area (Å²) in [5.74, 6) is 1.15. The molecule has 0 radical (unpaired) electrons. The molecule has 1 N–H and O–H groups in total. The standard InChI is InChI=1S/C17H30N4/c1-6-7-16-8-15(10-18-4)9-17(19-16)21-11-13(2)20(5)14(3)12-21/h8-9,13-14,18H,6-7,10-12H2,1-5H3. The Bertz CT molecular complexity index is 424. The Morgan fingerprint density at radius 2 is 1.90 bits per heavy atom. The second kappa shape index (κ2) is 7.23. The Hall–Kier alpha value is -1.13. The van der Waals surface area contributed by atoms with Gasteiger partial charge in [0.15, 0.2) is 0 Å². The van der Waals surface area contributed by atoms with Gasteiger partial charge in [-0.3, -0.25) is 4.90 Å². The Kier molecular flexibility index (Phi) is 5.59. The number of pyridine rings is 1. The summed E-state index contributed by atoms with van der Waals surface area (Å²) in [7, 11) is 4.22. The molecule has 0 saturated carbocycles. The molecule has 1 fully saturated rings. The quantitative estimate of drug-likeness (QED) is 0.901. The summed E-state index contributed by atoms with van der Waals surface area (Å²) in [5, 5.41) is 3.25. The van der Waals surface area contributed by atoms with Gasteiger partial charge in [-0.2, -0.15) is 0 Å². The van der Waals surface area contributed by atoms with E-state index in [1.54, 1.807) is 0 Å². The largest absolute Gasteiger partial charge is 0.353 e. The predicted octanol–water partition coefficient (Wildman–Crippen LogP) is 2.28. The normalized spacial score (nSPS) is 23.6. The van der Waals surface area contributed by atoms with E-state index in [0.717, 1.165) is 38.3 Å². The topological polar surface area (TPSA) is 31.4 Å². The van der Waals surface area contributed by atoms with E-state index in [-0.39, 0.29) is 0 Å². The number of hydrogen-bond donors (Lipinski definition) is 1. The lowest BCUT2D eigenvalue weighted by Gasteiger charge is -2.43. The highest BCUT2D eigenvalue weighted by Crippen LogP contribution is 2.22. The summed E-state index contributed by atoms with van der Waals surface area (Å²) in [6.45, 7) is 9.84. The van der Waals surface area contributed by atoms with Crippen LogP contribution in [0.5, 0.6) is 0 Å². The maximum atomic E-state index is 4.90. The summed E-state index contributed by atoms with van der Waals surface area (Å²) in [5.41, 5.74) is 2.56. The van der Waals surface area contributed by atoms with E-state index in [4.69, 9.17) is 4.98 Å². The fourth-order valence-electron chi connectivity index (χ4n) is 3.08. The Morgan fingerprint density at radius 3 is 2.48 bits per heavy atom. The van der Waals surface area contributed by atoms with Crippen LogP contribution in [0.2, 0.25) is 0 Å². The second-order valence-corrected chi connectivity index (χ2v) is 6.37. The van der Waals surface area contributed by atoms with E-state index < -0.39 is 0 Å². The van der Waals surface area contributed by atoms with Gasteiger partial charge in [-0.25, -0.2) is 4.98 Å². The first-order chi connectivity index (χ1) is 10.0. The van der Waals surface area contributed by atoms with Crippen LogP contribution in [0.4, 0.5) is 5.82 Å². The number of likely N-dealkylation sites (N-methyl/N-ethyl adjacent to an activating group) is 1. The van der Waals surface area contributed by atoms with Crippen molar-refractivity contribution in [3.8, 4) is 0 Å². The minimum Gasteiger partial charge on any atom is -0.353 e. The Morgan fingerprint density at radius 1 is 1.24 bits per heavy atom. The monoisotopic (exact) mass is 290 g/mol. The highest BCUT2D eigenvalue weighted by molar-refractivity contribution is 5.44. The van der Waals surface area contributed by atoms with Crippen LogP contribution in [-0.4, -0.2) is 49.2 Å². The maximum Gasteiger partial charge on any atom is 0.129 e. The molecule has 4 heteroatoms. The van der Waals surface area contributed by atoms with Crippen LogP contribution in [0.15, 0.2) is 12.1 Å². The van der Waals surface area contributed by atoms with Crippen LogP contribution in [0, 0.1) is 0 Å². The third-order valence-electron chi connectivity index (χ3n) is 4.50. The minimum absolute atomic E-state index is 0.568. The van der Waals surface area contributed by atoms with Gasteiger partial charge in [0.05, 0.1) is 0 Å². The zero-order chi connectivity index (χ0) is 15.4. The zero-order valence-electron chi connectivity index (χ0n) is 14.2. The number of piperazine rings is 1. The molecule has 1 aliphatic heterocycles.